The normalized spacial score (nSPS) is 10.1. The van der Waals surface area contributed by atoms with Crippen molar-refractivity contribution in [3.8, 4) is 11.5 Å². The molecule has 2 N–H and O–H groups in total. The van der Waals surface area contributed by atoms with Crippen molar-refractivity contribution in [1.29, 1.82) is 0 Å². The fraction of sp³-hybridized carbons (Fsp3) is 0.300. The number of hydrogen-bond acceptors (Lipinski definition) is 4. The van der Waals surface area contributed by atoms with E-state index in [0.29, 0.717) is 31.6 Å². The van der Waals surface area contributed by atoms with Crippen LogP contribution in [0.4, 0.5) is 0 Å². The van der Waals surface area contributed by atoms with Gasteiger partial charge in [0.15, 0.2) is 0 Å². The molecule has 0 heterocycles. The fourth-order valence-corrected chi connectivity index (χ4v) is 2.35. The number of hydrogen-bond donors (Lipinski definition) is 2. The molecule has 6 nitrogen and oxygen atoms in total. The van der Waals surface area contributed by atoms with Crippen LogP contribution in [0.15, 0.2) is 48.5 Å². The number of ether oxygens (including phenoxy) is 2. The third-order valence-corrected chi connectivity index (χ3v) is 3.78. The predicted molar refractivity (Wildman–Crippen MR) is 99.4 cm³/mol. The third kappa shape index (κ3) is 6.12. The molecule has 2 aromatic rings. The highest BCUT2D eigenvalue weighted by molar-refractivity contribution is 5.94. The van der Waals surface area contributed by atoms with E-state index in [-0.39, 0.29) is 11.8 Å². The summed E-state index contributed by atoms with van der Waals surface area (Å²) in [6.45, 7) is 0.856. The van der Waals surface area contributed by atoms with Gasteiger partial charge < -0.3 is 20.1 Å². The van der Waals surface area contributed by atoms with Crippen molar-refractivity contribution in [3.05, 3.63) is 59.7 Å². The van der Waals surface area contributed by atoms with Crippen LogP contribution in [0.2, 0.25) is 0 Å². The van der Waals surface area contributed by atoms with Gasteiger partial charge in [-0.25, -0.2) is 0 Å². The van der Waals surface area contributed by atoms with E-state index in [0.717, 1.165) is 17.1 Å². The van der Waals surface area contributed by atoms with Crippen LogP contribution in [-0.2, 0) is 11.3 Å². The first-order valence-corrected chi connectivity index (χ1v) is 8.47. The first-order chi connectivity index (χ1) is 12.6. The summed E-state index contributed by atoms with van der Waals surface area (Å²) in [5.74, 6) is 1.33. The minimum Gasteiger partial charge on any atom is -0.497 e. The molecular weight excluding hydrogens is 332 g/mol. The van der Waals surface area contributed by atoms with Crippen molar-refractivity contribution in [2.45, 2.75) is 19.4 Å². The maximum atomic E-state index is 11.9. The Morgan fingerprint density at radius 3 is 2.46 bits per heavy atom. The zero-order chi connectivity index (χ0) is 18.8. The second kappa shape index (κ2) is 10.1. The number of amides is 2. The Morgan fingerprint density at radius 2 is 1.77 bits per heavy atom. The second-order valence-corrected chi connectivity index (χ2v) is 5.68. The number of methoxy groups -OCH3 is 1. The molecule has 0 unspecified atom stereocenters. The lowest BCUT2D eigenvalue weighted by Gasteiger charge is -2.08. The lowest BCUT2D eigenvalue weighted by molar-refractivity contribution is -0.121. The summed E-state index contributed by atoms with van der Waals surface area (Å²) in [5, 5.41) is 5.43. The van der Waals surface area contributed by atoms with E-state index in [9.17, 15) is 9.59 Å². The molecule has 6 heteroatoms. The smallest absolute Gasteiger partial charge is 0.251 e. The predicted octanol–water partition coefficient (Wildman–Crippen LogP) is 2.53. The van der Waals surface area contributed by atoms with Gasteiger partial charge in [-0.15, -0.1) is 0 Å². The standard InChI is InChI=1S/C20H24N2O4/c1-21-20(24)16-6-3-5-15(13-16)14-22-19(23)7-4-12-26-18-10-8-17(25-2)9-11-18/h3,5-6,8-11,13H,4,7,12,14H2,1-2H3,(H,21,24)(H,22,23). The van der Waals surface area contributed by atoms with E-state index >= 15 is 0 Å². The molecule has 138 valence electrons. The maximum absolute atomic E-state index is 11.9. The summed E-state index contributed by atoms with van der Waals surface area (Å²) in [4.78, 5) is 23.5. The molecule has 0 atom stereocenters. The van der Waals surface area contributed by atoms with Gasteiger partial charge in [0.25, 0.3) is 5.91 Å². The molecule has 2 amide bonds. The average Bonchev–Trinajstić information content (AvgIpc) is 2.69. The van der Waals surface area contributed by atoms with Crippen LogP contribution in [-0.4, -0.2) is 32.6 Å². The van der Waals surface area contributed by atoms with E-state index < -0.39 is 0 Å². The van der Waals surface area contributed by atoms with Gasteiger partial charge in [0.2, 0.25) is 5.91 Å². The molecule has 0 saturated carbocycles. The number of benzene rings is 2. The largest absolute Gasteiger partial charge is 0.497 e. The summed E-state index contributed by atoms with van der Waals surface area (Å²) in [5.41, 5.74) is 1.46. The molecule has 2 aromatic carbocycles. The van der Waals surface area contributed by atoms with Gasteiger partial charge in [0, 0.05) is 25.6 Å². The van der Waals surface area contributed by atoms with Gasteiger partial charge in [0.05, 0.1) is 13.7 Å². The van der Waals surface area contributed by atoms with Crippen LogP contribution in [0.5, 0.6) is 11.5 Å². The zero-order valence-electron chi connectivity index (χ0n) is 15.1. The van der Waals surface area contributed by atoms with Crippen LogP contribution >= 0.6 is 0 Å². The molecule has 0 bridgehead atoms. The molecule has 0 saturated heterocycles. The molecule has 0 aliphatic carbocycles. The Bertz CT molecular complexity index is 729. The van der Waals surface area contributed by atoms with Crippen LogP contribution in [0.25, 0.3) is 0 Å². The van der Waals surface area contributed by atoms with Crippen LogP contribution < -0.4 is 20.1 Å². The quantitative estimate of drug-likeness (QED) is 0.677. The Kier molecular flexibility index (Phi) is 7.49. The highest BCUT2D eigenvalue weighted by Crippen LogP contribution is 2.17. The van der Waals surface area contributed by atoms with E-state index in [2.05, 4.69) is 10.6 Å². The highest BCUT2D eigenvalue weighted by Gasteiger charge is 2.05. The first-order valence-electron chi connectivity index (χ1n) is 8.47. The Hall–Kier alpha value is -3.02. The van der Waals surface area contributed by atoms with Crippen LogP contribution in [0.3, 0.4) is 0 Å². The van der Waals surface area contributed by atoms with Crippen molar-refractivity contribution >= 4 is 11.8 Å². The van der Waals surface area contributed by atoms with Crippen molar-refractivity contribution in [2.75, 3.05) is 20.8 Å². The van der Waals surface area contributed by atoms with Crippen LogP contribution in [0.1, 0.15) is 28.8 Å². The second-order valence-electron chi connectivity index (χ2n) is 5.68. The summed E-state index contributed by atoms with van der Waals surface area (Å²) < 4.78 is 10.7. The van der Waals surface area contributed by atoms with Crippen molar-refractivity contribution < 1.29 is 19.1 Å². The molecule has 0 fully saturated rings. The third-order valence-electron chi connectivity index (χ3n) is 3.78. The number of carbonyl (C=O) groups is 2. The van der Waals surface area contributed by atoms with Gasteiger partial charge >= 0.3 is 0 Å². The molecular formula is C20H24N2O4. The zero-order valence-corrected chi connectivity index (χ0v) is 15.1. The number of carbonyl (C=O) groups excluding carboxylic acids is 2. The van der Waals surface area contributed by atoms with E-state index in [4.69, 9.17) is 9.47 Å². The summed E-state index contributed by atoms with van der Waals surface area (Å²) in [6, 6.07) is 14.5. The first kappa shape index (κ1) is 19.3. The Labute approximate surface area is 153 Å². The highest BCUT2D eigenvalue weighted by atomic mass is 16.5. The lowest BCUT2D eigenvalue weighted by Crippen LogP contribution is -2.23. The van der Waals surface area contributed by atoms with E-state index in [1.807, 2.05) is 30.3 Å². The van der Waals surface area contributed by atoms with Crippen molar-refractivity contribution in [3.63, 3.8) is 0 Å². The Balaban J connectivity index is 1.68. The summed E-state index contributed by atoms with van der Waals surface area (Å²) in [7, 11) is 3.20. The van der Waals surface area contributed by atoms with Crippen LogP contribution in [0, 0.1) is 0 Å². The molecule has 2 rings (SSSR count). The van der Waals surface area contributed by atoms with Gasteiger partial charge in [0.1, 0.15) is 11.5 Å². The molecule has 26 heavy (non-hydrogen) atoms. The summed E-state index contributed by atoms with van der Waals surface area (Å²) >= 11 is 0. The van der Waals surface area contributed by atoms with Crippen molar-refractivity contribution in [2.24, 2.45) is 0 Å². The average molecular weight is 356 g/mol. The monoisotopic (exact) mass is 356 g/mol. The summed E-state index contributed by atoms with van der Waals surface area (Å²) in [6.07, 6.45) is 1.00. The number of rotatable bonds is 9. The van der Waals surface area contributed by atoms with E-state index in [1.54, 1.807) is 32.4 Å². The minimum atomic E-state index is -0.145. The van der Waals surface area contributed by atoms with Gasteiger partial charge in [-0.3, -0.25) is 9.59 Å². The van der Waals surface area contributed by atoms with Crippen molar-refractivity contribution in [1.82, 2.24) is 10.6 Å². The molecule has 0 spiro atoms. The molecule has 0 radical (unpaired) electrons. The fourth-order valence-electron chi connectivity index (χ4n) is 2.35. The SMILES string of the molecule is CNC(=O)c1cccc(CNC(=O)CCCOc2ccc(OC)cc2)c1. The lowest BCUT2D eigenvalue weighted by atomic mass is 10.1. The Morgan fingerprint density at radius 1 is 1.04 bits per heavy atom. The minimum absolute atomic E-state index is 0.0475. The van der Waals surface area contributed by atoms with E-state index in [1.165, 1.54) is 0 Å². The maximum Gasteiger partial charge on any atom is 0.251 e. The molecule has 0 aliphatic rings. The molecule has 0 aromatic heterocycles. The van der Waals surface area contributed by atoms with Gasteiger partial charge in [-0.2, -0.15) is 0 Å². The molecule has 0 aliphatic heterocycles. The van der Waals surface area contributed by atoms with Gasteiger partial charge in [-0.05, 0) is 48.4 Å². The topological polar surface area (TPSA) is 76.7 Å². The number of nitrogens with one attached hydrogen (secondary N) is 2. The van der Waals surface area contributed by atoms with Gasteiger partial charge in [-0.1, -0.05) is 12.1 Å².